The first kappa shape index (κ1) is 14.9. The molecule has 5 heteroatoms. The van der Waals surface area contributed by atoms with Crippen LogP contribution in [0.5, 0.6) is 0 Å². The molecule has 2 aliphatic rings. The number of amides is 2. The van der Waals surface area contributed by atoms with Crippen LogP contribution < -0.4 is 10.2 Å². The molecule has 118 valence electrons. The van der Waals surface area contributed by atoms with Gasteiger partial charge in [0.2, 0.25) is 11.8 Å². The second-order valence-corrected chi connectivity index (χ2v) is 6.23. The summed E-state index contributed by atoms with van der Waals surface area (Å²) in [6.45, 7) is 5.09. The van der Waals surface area contributed by atoms with E-state index in [2.05, 4.69) is 41.4 Å². The van der Waals surface area contributed by atoms with Crippen LogP contribution in [0, 0.1) is 6.92 Å². The highest BCUT2D eigenvalue weighted by Gasteiger charge is 2.26. The van der Waals surface area contributed by atoms with E-state index in [9.17, 15) is 9.59 Å². The third kappa shape index (κ3) is 3.78. The number of hydrogen-bond acceptors (Lipinski definition) is 3. The van der Waals surface area contributed by atoms with Gasteiger partial charge in [-0.05, 0) is 37.5 Å². The summed E-state index contributed by atoms with van der Waals surface area (Å²) >= 11 is 0. The predicted octanol–water partition coefficient (Wildman–Crippen LogP) is 1.31. The quantitative estimate of drug-likeness (QED) is 0.853. The predicted molar refractivity (Wildman–Crippen MR) is 85.8 cm³/mol. The number of piperazine rings is 1. The van der Waals surface area contributed by atoms with Gasteiger partial charge in [0.15, 0.2) is 0 Å². The molecule has 1 aliphatic carbocycles. The number of benzene rings is 1. The molecule has 2 amide bonds. The van der Waals surface area contributed by atoms with E-state index in [-0.39, 0.29) is 18.2 Å². The minimum atomic E-state index is -0.131. The van der Waals surface area contributed by atoms with Gasteiger partial charge < -0.3 is 15.1 Å². The molecule has 1 heterocycles. The fraction of sp³-hybridized carbons (Fsp3) is 0.529. The summed E-state index contributed by atoms with van der Waals surface area (Å²) in [5.74, 6) is -0.185. The smallest absolute Gasteiger partial charge is 0.232 e. The van der Waals surface area contributed by atoms with Gasteiger partial charge >= 0.3 is 0 Å². The van der Waals surface area contributed by atoms with Crippen LogP contribution in [0.25, 0.3) is 0 Å². The first-order chi connectivity index (χ1) is 10.6. The van der Waals surface area contributed by atoms with Crippen LogP contribution in [-0.2, 0) is 9.59 Å². The Bertz CT molecular complexity index is 561. The Morgan fingerprint density at radius 1 is 1.18 bits per heavy atom. The van der Waals surface area contributed by atoms with Crippen molar-refractivity contribution in [1.29, 1.82) is 0 Å². The van der Waals surface area contributed by atoms with Crippen molar-refractivity contribution in [3.63, 3.8) is 0 Å². The lowest BCUT2D eigenvalue weighted by Crippen LogP contribution is -2.49. The van der Waals surface area contributed by atoms with E-state index in [1.807, 2.05) is 0 Å². The van der Waals surface area contributed by atoms with Gasteiger partial charge in [-0.25, -0.2) is 0 Å². The molecule has 5 nitrogen and oxygen atoms in total. The maximum atomic E-state index is 12.2. The summed E-state index contributed by atoms with van der Waals surface area (Å²) < 4.78 is 0. The highest BCUT2D eigenvalue weighted by atomic mass is 16.2. The average Bonchev–Trinajstić information content (AvgIpc) is 3.31. The molecule has 0 atom stereocenters. The first-order valence-corrected chi connectivity index (χ1v) is 8.00. The van der Waals surface area contributed by atoms with Crippen molar-refractivity contribution >= 4 is 17.5 Å². The fourth-order valence-corrected chi connectivity index (χ4v) is 2.79. The molecule has 0 spiro atoms. The SMILES string of the molecule is Cc1cccc(N2CCN(C(=O)CC(=O)NC3CC3)CC2)c1. The summed E-state index contributed by atoms with van der Waals surface area (Å²) in [6, 6.07) is 8.73. The molecule has 1 saturated heterocycles. The van der Waals surface area contributed by atoms with Crippen molar-refractivity contribution in [2.24, 2.45) is 0 Å². The Labute approximate surface area is 131 Å². The van der Waals surface area contributed by atoms with Crippen molar-refractivity contribution in [3.05, 3.63) is 29.8 Å². The maximum Gasteiger partial charge on any atom is 0.232 e. The summed E-state index contributed by atoms with van der Waals surface area (Å²) in [6.07, 6.45) is 2.09. The van der Waals surface area contributed by atoms with Crippen molar-refractivity contribution < 1.29 is 9.59 Å². The molecule has 1 aliphatic heterocycles. The maximum absolute atomic E-state index is 12.2. The monoisotopic (exact) mass is 301 g/mol. The Morgan fingerprint density at radius 2 is 1.91 bits per heavy atom. The number of carbonyl (C=O) groups is 2. The largest absolute Gasteiger partial charge is 0.368 e. The van der Waals surface area contributed by atoms with Crippen LogP contribution in [0.4, 0.5) is 5.69 Å². The zero-order valence-electron chi connectivity index (χ0n) is 13.0. The molecule has 0 bridgehead atoms. The van der Waals surface area contributed by atoms with Crippen LogP contribution in [0.3, 0.4) is 0 Å². The molecule has 1 N–H and O–H groups in total. The third-order valence-electron chi connectivity index (χ3n) is 4.25. The van der Waals surface area contributed by atoms with E-state index in [0.717, 1.165) is 25.9 Å². The molecule has 22 heavy (non-hydrogen) atoms. The van der Waals surface area contributed by atoms with Gasteiger partial charge in [0.1, 0.15) is 6.42 Å². The molecular weight excluding hydrogens is 278 g/mol. The molecule has 1 saturated carbocycles. The van der Waals surface area contributed by atoms with Gasteiger partial charge in [-0.2, -0.15) is 0 Å². The Balaban J connectivity index is 1.48. The number of rotatable bonds is 4. The highest BCUT2D eigenvalue weighted by molar-refractivity contribution is 5.97. The van der Waals surface area contributed by atoms with Gasteiger partial charge in [-0.1, -0.05) is 12.1 Å². The fourth-order valence-electron chi connectivity index (χ4n) is 2.79. The number of carbonyl (C=O) groups excluding carboxylic acids is 2. The number of anilines is 1. The normalized spacial score (nSPS) is 18.2. The molecule has 0 aromatic heterocycles. The molecule has 2 fully saturated rings. The van der Waals surface area contributed by atoms with E-state index >= 15 is 0 Å². The zero-order chi connectivity index (χ0) is 15.5. The lowest BCUT2D eigenvalue weighted by Gasteiger charge is -2.36. The summed E-state index contributed by atoms with van der Waals surface area (Å²) in [5, 5.41) is 2.87. The van der Waals surface area contributed by atoms with Crippen molar-refractivity contribution in [2.45, 2.75) is 32.2 Å². The Morgan fingerprint density at radius 3 is 2.55 bits per heavy atom. The van der Waals surface area contributed by atoms with Crippen LogP contribution in [0.2, 0.25) is 0 Å². The lowest BCUT2D eigenvalue weighted by atomic mass is 10.2. The number of nitrogens with one attached hydrogen (secondary N) is 1. The van der Waals surface area contributed by atoms with E-state index in [1.54, 1.807) is 4.90 Å². The number of aryl methyl sites for hydroxylation is 1. The molecular formula is C17H23N3O2. The summed E-state index contributed by atoms with van der Waals surface area (Å²) in [7, 11) is 0. The van der Waals surface area contributed by atoms with Gasteiger partial charge in [-0.3, -0.25) is 9.59 Å². The van der Waals surface area contributed by atoms with Gasteiger partial charge in [0.25, 0.3) is 0 Å². The summed E-state index contributed by atoms with van der Waals surface area (Å²) in [4.78, 5) is 28.0. The van der Waals surface area contributed by atoms with Crippen LogP contribution in [0.1, 0.15) is 24.8 Å². The van der Waals surface area contributed by atoms with Crippen LogP contribution in [-0.4, -0.2) is 48.9 Å². The molecule has 1 aromatic carbocycles. The molecule has 0 radical (unpaired) electrons. The highest BCUT2D eigenvalue weighted by Crippen LogP contribution is 2.19. The lowest BCUT2D eigenvalue weighted by molar-refractivity contribution is -0.136. The van der Waals surface area contributed by atoms with E-state index < -0.39 is 0 Å². The van der Waals surface area contributed by atoms with Gasteiger partial charge in [0, 0.05) is 37.9 Å². The Hall–Kier alpha value is -2.04. The number of hydrogen-bond donors (Lipinski definition) is 1. The standard InChI is InChI=1S/C17H23N3O2/c1-13-3-2-4-15(11-13)19-7-9-20(10-8-19)17(22)12-16(21)18-14-5-6-14/h2-4,11,14H,5-10,12H2,1H3,(H,18,21). The minimum Gasteiger partial charge on any atom is -0.368 e. The van der Waals surface area contributed by atoms with E-state index in [0.29, 0.717) is 19.1 Å². The summed E-state index contributed by atoms with van der Waals surface area (Å²) in [5.41, 5.74) is 2.45. The van der Waals surface area contributed by atoms with E-state index in [4.69, 9.17) is 0 Å². The van der Waals surface area contributed by atoms with Crippen molar-refractivity contribution in [1.82, 2.24) is 10.2 Å². The van der Waals surface area contributed by atoms with Crippen molar-refractivity contribution in [3.8, 4) is 0 Å². The average molecular weight is 301 g/mol. The number of nitrogens with zero attached hydrogens (tertiary/aromatic N) is 2. The topological polar surface area (TPSA) is 52.7 Å². The van der Waals surface area contributed by atoms with Crippen molar-refractivity contribution in [2.75, 3.05) is 31.1 Å². The molecule has 1 aromatic rings. The zero-order valence-corrected chi connectivity index (χ0v) is 13.0. The van der Waals surface area contributed by atoms with E-state index in [1.165, 1.54) is 11.3 Å². The minimum absolute atomic E-state index is 0.0130. The van der Waals surface area contributed by atoms with Crippen LogP contribution in [0.15, 0.2) is 24.3 Å². The molecule has 0 unspecified atom stereocenters. The second kappa shape index (κ2) is 6.38. The third-order valence-corrected chi connectivity index (χ3v) is 4.25. The van der Waals surface area contributed by atoms with Gasteiger partial charge in [0.05, 0.1) is 0 Å². The molecule has 3 rings (SSSR count). The first-order valence-electron chi connectivity index (χ1n) is 8.00. The second-order valence-electron chi connectivity index (χ2n) is 6.23. The van der Waals surface area contributed by atoms with Crippen LogP contribution >= 0.6 is 0 Å². The Kier molecular flexibility index (Phi) is 4.32. The van der Waals surface area contributed by atoms with Gasteiger partial charge in [-0.15, -0.1) is 0 Å².